The highest BCUT2D eigenvalue weighted by Crippen LogP contribution is 2.26. The van der Waals surface area contributed by atoms with Gasteiger partial charge in [0.05, 0.1) is 12.7 Å². The van der Waals surface area contributed by atoms with Crippen molar-refractivity contribution in [3.8, 4) is 5.75 Å². The number of hydrogen-bond donors (Lipinski definition) is 1. The molecule has 0 amide bonds. The normalized spacial score (nSPS) is 19.2. The molecule has 0 spiro atoms. The summed E-state index contributed by atoms with van der Waals surface area (Å²) in [7, 11) is 0. The third-order valence-electron chi connectivity index (χ3n) is 4.14. The van der Waals surface area contributed by atoms with Crippen LogP contribution in [0.1, 0.15) is 24.0 Å². The maximum atomic E-state index is 10.5. The van der Waals surface area contributed by atoms with Crippen molar-refractivity contribution in [3.63, 3.8) is 0 Å². The molecule has 0 saturated carbocycles. The van der Waals surface area contributed by atoms with Crippen molar-refractivity contribution in [1.29, 1.82) is 0 Å². The Morgan fingerprint density at radius 1 is 1.38 bits per heavy atom. The molecule has 1 aromatic carbocycles. The lowest BCUT2D eigenvalue weighted by Gasteiger charge is -2.31. The second-order valence-electron chi connectivity index (χ2n) is 5.72. The van der Waals surface area contributed by atoms with Gasteiger partial charge in [-0.1, -0.05) is 12.1 Å². The average molecular weight is 291 g/mol. The molecule has 0 radical (unpaired) electrons. The van der Waals surface area contributed by atoms with Crippen LogP contribution in [-0.2, 0) is 22.5 Å². The molecule has 1 aromatic rings. The van der Waals surface area contributed by atoms with Gasteiger partial charge in [0.25, 0.3) is 0 Å². The highest BCUT2D eigenvalue weighted by Gasteiger charge is 2.21. The lowest BCUT2D eigenvalue weighted by atomic mass is 10.0. The maximum absolute atomic E-state index is 10.5. The number of nitrogens with zero attached hydrogens (tertiary/aromatic N) is 1. The van der Waals surface area contributed by atoms with Crippen molar-refractivity contribution in [2.24, 2.45) is 0 Å². The standard InChI is InChI=1S/C16H21NO4/c18-16(19)11-21-14-3-6-17(7-4-14)10-12-1-2-15-13(9-12)5-8-20-15/h1-2,9,14H,3-8,10-11H2,(H,18,19). The van der Waals surface area contributed by atoms with Crippen LogP contribution in [0.25, 0.3) is 0 Å². The van der Waals surface area contributed by atoms with E-state index in [0.29, 0.717) is 0 Å². The summed E-state index contributed by atoms with van der Waals surface area (Å²) in [5.41, 5.74) is 2.64. The van der Waals surface area contributed by atoms with Crippen LogP contribution in [-0.4, -0.2) is 48.4 Å². The van der Waals surface area contributed by atoms with Gasteiger partial charge < -0.3 is 14.6 Å². The molecular weight excluding hydrogens is 270 g/mol. The Bertz CT molecular complexity index is 509. The SMILES string of the molecule is O=C(O)COC1CCN(Cc2ccc3c(c2)CCO3)CC1. The summed E-state index contributed by atoms with van der Waals surface area (Å²) >= 11 is 0. The summed E-state index contributed by atoms with van der Waals surface area (Å²) < 4.78 is 10.9. The van der Waals surface area contributed by atoms with Crippen LogP contribution in [0.15, 0.2) is 18.2 Å². The van der Waals surface area contributed by atoms with Crippen LogP contribution in [0.5, 0.6) is 5.75 Å². The number of carbonyl (C=O) groups is 1. The second kappa shape index (κ2) is 6.45. The fraction of sp³-hybridized carbons (Fsp3) is 0.562. The largest absolute Gasteiger partial charge is 0.493 e. The monoisotopic (exact) mass is 291 g/mol. The number of likely N-dealkylation sites (tertiary alicyclic amines) is 1. The number of carboxylic acid groups (broad SMARTS) is 1. The van der Waals surface area contributed by atoms with Crippen molar-refractivity contribution in [1.82, 2.24) is 4.90 Å². The first kappa shape index (κ1) is 14.4. The number of hydrogen-bond acceptors (Lipinski definition) is 4. The molecule has 0 aliphatic carbocycles. The van der Waals surface area contributed by atoms with E-state index in [9.17, 15) is 4.79 Å². The van der Waals surface area contributed by atoms with Gasteiger partial charge in [0.2, 0.25) is 0 Å². The number of fused-ring (bicyclic) bond motifs is 1. The fourth-order valence-electron chi connectivity index (χ4n) is 3.02. The van der Waals surface area contributed by atoms with Crippen LogP contribution >= 0.6 is 0 Å². The fourth-order valence-corrected chi connectivity index (χ4v) is 3.02. The van der Waals surface area contributed by atoms with Gasteiger partial charge in [0.1, 0.15) is 12.4 Å². The van der Waals surface area contributed by atoms with E-state index in [1.807, 2.05) is 0 Å². The lowest BCUT2D eigenvalue weighted by molar-refractivity contribution is -0.145. The molecule has 2 aliphatic heterocycles. The highest BCUT2D eigenvalue weighted by atomic mass is 16.5. The molecule has 2 heterocycles. The van der Waals surface area contributed by atoms with Gasteiger partial charge in [-0.25, -0.2) is 4.79 Å². The zero-order valence-electron chi connectivity index (χ0n) is 12.1. The van der Waals surface area contributed by atoms with Gasteiger partial charge in [-0.2, -0.15) is 0 Å². The summed E-state index contributed by atoms with van der Waals surface area (Å²) in [5, 5.41) is 8.62. The molecular formula is C16H21NO4. The molecule has 1 saturated heterocycles. The van der Waals surface area contributed by atoms with E-state index < -0.39 is 5.97 Å². The summed E-state index contributed by atoms with van der Waals surface area (Å²) in [4.78, 5) is 12.9. The summed E-state index contributed by atoms with van der Waals surface area (Å²) in [5.74, 6) is 0.136. The number of benzene rings is 1. The van der Waals surface area contributed by atoms with Crippen molar-refractivity contribution in [2.45, 2.75) is 31.9 Å². The molecule has 21 heavy (non-hydrogen) atoms. The highest BCUT2D eigenvalue weighted by molar-refractivity contribution is 5.68. The number of aliphatic carboxylic acids is 1. The Morgan fingerprint density at radius 2 is 2.19 bits per heavy atom. The number of carboxylic acids is 1. The minimum Gasteiger partial charge on any atom is -0.493 e. The first-order valence-corrected chi connectivity index (χ1v) is 7.51. The van der Waals surface area contributed by atoms with E-state index in [0.717, 1.165) is 51.3 Å². The number of piperidine rings is 1. The Labute approximate surface area is 124 Å². The first-order chi connectivity index (χ1) is 10.2. The third-order valence-corrected chi connectivity index (χ3v) is 4.14. The second-order valence-corrected chi connectivity index (χ2v) is 5.72. The minimum absolute atomic E-state index is 0.0887. The van der Waals surface area contributed by atoms with Crippen LogP contribution in [0.2, 0.25) is 0 Å². The van der Waals surface area contributed by atoms with Crippen molar-refractivity contribution >= 4 is 5.97 Å². The summed E-state index contributed by atoms with van der Waals surface area (Å²) in [6.45, 7) is 3.47. The van der Waals surface area contributed by atoms with Gasteiger partial charge in [0.15, 0.2) is 0 Å². The van der Waals surface area contributed by atoms with Gasteiger partial charge in [0, 0.05) is 26.1 Å². The Morgan fingerprint density at radius 3 is 2.95 bits per heavy atom. The Kier molecular flexibility index (Phi) is 4.41. The van der Waals surface area contributed by atoms with Gasteiger partial charge in [-0.15, -0.1) is 0 Å². The van der Waals surface area contributed by atoms with Crippen LogP contribution < -0.4 is 4.74 Å². The van der Waals surface area contributed by atoms with E-state index >= 15 is 0 Å². The van der Waals surface area contributed by atoms with Gasteiger partial charge >= 0.3 is 5.97 Å². The third kappa shape index (κ3) is 3.74. The van der Waals surface area contributed by atoms with E-state index in [4.69, 9.17) is 14.6 Å². The van der Waals surface area contributed by atoms with Crippen LogP contribution in [0, 0.1) is 0 Å². The number of ether oxygens (including phenoxy) is 2. The molecule has 5 heteroatoms. The van der Waals surface area contributed by atoms with Gasteiger partial charge in [-0.05, 0) is 30.0 Å². The predicted octanol–water partition coefficient (Wildman–Crippen LogP) is 1.69. The topological polar surface area (TPSA) is 59.0 Å². The zero-order chi connectivity index (χ0) is 14.7. The Balaban J connectivity index is 1.48. The van der Waals surface area contributed by atoms with E-state index in [1.54, 1.807) is 0 Å². The minimum atomic E-state index is -0.891. The van der Waals surface area contributed by atoms with Gasteiger partial charge in [-0.3, -0.25) is 4.90 Å². The molecule has 114 valence electrons. The predicted molar refractivity (Wildman–Crippen MR) is 77.5 cm³/mol. The van der Waals surface area contributed by atoms with Crippen LogP contribution in [0.4, 0.5) is 0 Å². The Hall–Kier alpha value is -1.59. The molecule has 3 rings (SSSR count). The van der Waals surface area contributed by atoms with E-state index in [1.165, 1.54) is 11.1 Å². The molecule has 0 unspecified atom stereocenters. The molecule has 1 fully saturated rings. The van der Waals surface area contributed by atoms with Crippen molar-refractivity contribution in [2.75, 3.05) is 26.3 Å². The van der Waals surface area contributed by atoms with E-state index in [-0.39, 0.29) is 12.7 Å². The lowest BCUT2D eigenvalue weighted by Crippen LogP contribution is -2.37. The summed E-state index contributed by atoms with van der Waals surface area (Å²) in [6.07, 6.45) is 2.91. The summed E-state index contributed by atoms with van der Waals surface area (Å²) in [6, 6.07) is 6.45. The zero-order valence-corrected chi connectivity index (χ0v) is 12.1. The number of rotatable bonds is 5. The average Bonchev–Trinajstić information content (AvgIpc) is 2.94. The van der Waals surface area contributed by atoms with E-state index in [2.05, 4.69) is 23.1 Å². The molecule has 2 aliphatic rings. The smallest absolute Gasteiger partial charge is 0.329 e. The van der Waals surface area contributed by atoms with Crippen molar-refractivity contribution < 1.29 is 19.4 Å². The molecule has 0 atom stereocenters. The molecule has 0 aromatic heterocycles. The van der Waals surface area contributed by atoms with Crippen molar-refractivity contribution in [3.05, 3.63) is 29.3 Å². The first-order valence-electron chi connectivity index (χ1n) is 7.51. The molecule has 1 N–H and O–H groups in total. The molecule has 0 bridgehead atoms. The molecule has 5 nitrogen and oxygen atoms in total. The van der Waals surface area contributed by atoms with Crippen LogP contribution in [0.3, 0.4) is 0 Å². The quantitative estimate of drug-likeness (QED) is 0.894. The maximum Gasteiger partial charge on any atom is 0.329 e.